The topological polar surface area (TPSA) is 79.6 Å². The standard InChI is InChI=1S/C16H16N2O4S/c1-17-9-11(8-14(17)15(19)20)23(21,22)18-10-16(6-7-16)12-4-2-3-5-13(12)18/h2-5,8-9H,6-7,10H2,1H3,(H,19,20). The molecule has 0 bridgehead atoms. The van der Waals surface area contributed by atoms with Gasteiger partial charge in [0.1, 0.15) is 10.6 Å². The number of fused-ring (bicyclic) bond motifs is 2. The molecule has 0 saturated heterocycles. The zero-order valence-corrected chi connectivity index (χ0v) is 13.4. The molecule has 1 aliphatic heterocycles. The number of anilines is 1. The summed E-state index contributed by atoms with van der Waals surface area (Å²) in [4.78, 5) is 11.2. The number of aromatic carboxylic acids is 1. The van der Waals surface area contributed by atoms with E-state index in [0.29, 0.717) is 12.2 Å². The molecule has 2 heterocycles. The van der Waals surface area contributed by atoms with Gasteiger partial charge in [-0.1, -0.05) is 18.2 Å². The van der Waals surface area contributed by atoms with Gasteiger partial charge in [-0.15, -0.1) is 0 Å². The second kappa shape index (κ2) is 4.38. The molecule has 1 aliphatic carbocycles. The van der Waals surface area contributed by atoms with E-state index in [2.05, 4.69) is 0 Å². The fraction of sp³-hybridized carbons (Fsp3) is 0.312. The molecule has 0 atom stereocenters. The summed E-state index contributed by atoms with van der Waals surface area (Å²) >= 11 is 0. The molecule has 0 radical (unpaired) electrons. The van der Waals surface area contributed by atoms with E-state index >= 15 is 0 Å². The van der Waals surface area contributed by atoms with Crippen molar-refractivity contribution in [3.8, 4) is 0 Å². The van der Waals surface area contributed by atoms with Gasteiger partial charge in [-0.3, -0.25) is 4.31 Å². The Morgan fingerprint density at radius 2 is 1.96 bits per heavy atom. The molecule has 2 aromatic rings. The van der Waals surface area contributed by atoms with Gasteiger partial charge in [0.15, 0.2) is 0 Å². The molecule has 1 aromatic heterocycles. The van der Waals surface area contributed by atoms with Crippen molar-refractivity contribution in [1.29, 1.82) is 0 Å². The van der Waals surface area contributed by atoms with Crippen LogP contribution < -0.4 is 4.31 Å². The monoisotopic (exact) mass is 332 g/mol. The highest BCUT2D eigenvalue weighted by Crippen LogP contribution is 2.57. The van der Waals surface area contributed by atoms with Crippen LogP contribution in [0.5, 0.6) is 0 Å². The fourth-order valence-electron chi connectivity index (χ4n) is 3.39. The molecule has 6 nitrogen and oxygen atoms in total. The summed E-state index contributed by atoms with van der Waals surface area (Å²) in [5.41, 5.74) is 1.70. The Morgan fingerprint density at radius 1 is 1.26 bits per heavy atom. The van der Waals surface area contributed by atoms with Crippen molar-refractivity contribution in [3.05, 3.63) is 47.8 Å². The Balaban J connectivity index is 1.82. The average Bonchev–Trinajstić information content (AvgIpc) is 3.05. The molecule has 1 aromatic carbocycles. The van der Waals surface area contributed by atoms with Crippen LogP contribution in [0.15, 0.2) is 41.4 Å². The minimum absolute atomic E-state index is 0.0184. The van der Waals surface area contributed by atoms with Crippen LogP contribution in [-0.4, -0.2) is 30.6 Å². The second-order valence-corrected chi connectivity index (χ2v) is 8.15. The van der Waals surface area contributed by atoms with Gasteiger partial charge in [0.2, 0.25) is 0 Å². The number of benzene rings is 1. The zero-order chi connectivity index (χ0) is 16.4. The van der Waals surface area contributed by atoms with Gasteiger partial charge in [0.05, 0.1) is 5.69 Å². The summed E-state index contributed by atoms with van der Waals surface area (Å²) in [5.74, 6) is -1.14. The van der Waals surface area contributed by atoms with Crippen molar-refractivity contribution in [2.24, 2.45) is 7.05 Å². The van der Waals surface area contributed by atoms with Crippen LogP contribution in [0.25, 0.3) is 0 Å². The number of carbonyl (C=O) groups is 1. The van der Waals surface area contributed by atoms with Crippen molar-refractivity contribution < 1.29 is 18.3 Å². The van der Waals surface area contributed by atoms with Gasteiger partial charge in [-0.05, 0) is 30.5 Å². The van der Waals surface area contributed by atoms with Gasteiger partial charge in [0.25, 0.3) is 10.0 Å². The number of hydrogen-bond acceptors (Lipinski definition) is 3. The molecule has 1 fully saturated rings. The Bertz CT molecular complexity index is 925. The lowest BCUT2D eigenvalue weighted by atomic mass is 9.99. The Hall–Kier alpha value is -2.28. The van der Waals surface area contributed by atoms with Crippen LogP contribution in [0.3, 0.4) is 0 Å². The Labute approximate surface area is 134 Å². The highest BCUT2D eigenvalue weighted by molar-refractivity contribution is 7.92. The van der Waals surface area contributed by atoms with Gasteiger partial charge in [-0.2, -0.15) is 0 Å². The largest absolute Gasteiger partial charge is 0.477 e. The van der Waals surface area contributed by atoms with E-state index in [1.807, 2.05) is 24.3 Å². The minimum Gasteiger partial charge on any atom is -0.477 e. The summed E-state index contributed by atoms with van der Waals surface area (Å²) in [6.07, 6.45) is 3.34. The van der Waals surface area contributed by atoms with Crippen LogP contribution in [0.2, 0.25) is 0 Å². The number of aryl methyl sites for hydroxylation is 1. The fourth-order valence-corrected chi connectivity index (χ4v) is 5.03. The molecule has 23 heavy (non-hydrogen) atoms. The summed E-state index contributed by atoms with van der Waals surface area (Å²) in [6.45, 7) is 0.436. The first-order valence-electron chi connectivity index (χ1n) is 7.37. The molecule has 1 saturated carbocycles. The van der Waals surface area contributed by atoms with E-state index in [1.165, 1.54) is 28.2 Å². The van der Waals surface area contributed by atoms with E-state index < -0.39 is 16.0 Å². The normalized spacial score (nSPS) is 18.2. The number of sulfonamides is 1. The lowest BCUT2D eigenvalue weighted by Crippen LogP contribution is -2.31. The maximum absolute atomic E-state index is 13.0. The molecule has 7 heteroatoms. The quantitative estimate of drug-likeness (QED) is 0.932. The summed E-state index contributed by atoms with van der Waals surface area (Å²) in [7, 11) is -2.24. The van der Waals surface area contributed by atoms with Crippen LogP contribution in [0, 0.1) is 0 Å². The molecule has 1 spiro atoms. The number of carboxylic acids is 1. The zero-order valence-electron chi connectivity index (χ0n) is 12.6. The molecular weight excluding hydrogens is 316 g/mol. The van der Waals surface area contributed by atoms with E-state index in [4.69, 9.17) is 5.11 Å². The van der Waals surface area contributed by atoms with Crippen LogP contribution in [0.4, 0.5) is 5.69 Å². The van der Waals surface area contributed by atoms with Gasteiger partial charge in [0, 0.05) is 25.2 Å². The number of rotatable bonds is 3. The maximum Gasteiger partial charge on any atom is 0.352 e. The predicted octanol–water partition coefficient (Wildman–Crippen LogP) is 1.96. The first kappa shape index (κ1) is 14.3. The van der Waals surface area contributed by atoms with E-state index in [0.717, 1.165) is 18.4 Å². The molecule has 4 rings (SSSR count). The number of para-hydroxylation sites is 1. The summed E-state index contributed by atoms with van der Waals surface area (Å²) < 4.78 is 28.8. The lowest BCUT2D eigenvalue weighted by molar-refractivity contribution is 0.0686. The van der Waals surface area contributed by atoms with Crippen molar-refractivity contribution in [1.82, 2.24) is 4.57 Å². The molecule has 1 N–H and O–H groups in total. The highest BCUT2D eigenvalue weighted by Gasteiger charge is 2.54. The second-order valence-electron chi connectivity index (χ2n) is 6.29. The third kappa shape index (κ3) is 1.92. The number of carboxylic acid groups (broad SMARTS) is 1. The third-order valence-electron chi connectivity index (χ3n) is 4.83. The number of hydrogen-bond donors (Lipinski definition) is 1. The molecule has 0 amide bonds. The van der Waals surface area contributed by atoms with Crippen LogP contribution >= 0.6 is 0 Å². The molecule has 120 valence electrons. The SMILES string of the molecule is Cn1cc(S(=O)(=O)N2CC3(CC3)c3ccccc32)cc1C(=O)O. The van der Waals surface area contributed by atoms with E-state index in [9.17, 15) is 13.2 Å². The molecular formula is C16H16N2O4S. The first-order chi connectivity index (χ1) is 10.8. The smallest absolute Gasteiger partial charge is 0.352 e. The van der Waals surface area contributed by atoms with Gasteiger partial charge in [-0.25, -0.2) is 13.2 Å². The number of aromatic nitrogens is 1. The summed E-state index contributed by atoms with van der Waals surface area (Å²) in [6, 6.07) is 8.79. The Kier molecular flexibility index (Phi) is 2.73. The highest BCUT2D eigenvalue weighted by atomic mass is 32.2. The number of nitrogens with zero attached hydrogens (tertiary/aromatic N) is 2. The van der Waals surface area contributed by atoms with Gasteiger partial charge < -0.3 is 9.67 Å². The average molecular weight is 332 g/mol. The van der Waals surface area contributed by atoms with Crippen molar-refractivity contribution >= 4 is 21.7 Å². The third-order valence-corrected chi connectivity index (χ3v) is 6.56. The minimum atomic E-state index is -3.77. The molecule has 0 unspecified atom stereocenters. The van der Waals surface area contributed by atoms with Crippen LogP contribution in [-0.2, 0) is 22.5 Å². The lowest BCUT2D eigenvalue weighted by Gasteiger charge is -2.19. The van der Waals surface area contributed by atoms with Gasteiger partial charge >= 0.3 is 5.97 Å². The predicted molar refractivity (Wildman–Crippen MR) is 84.3 cm³/mol. The van der Waals surface area contributed by atoms with E-state index in [-0.39, 0.29) is 16.0 Å². The van der Waals surface area contributed by atoms with Crippen molar-refractivity contribution in [2.75, 3.05) is 10.8 Å². The molecule has 2 aliphatic rings. The van der Waals surface area contributed by atoms with Crippen LogP contribution in [0.1, 0.15) is 28.9 Å². The van der Waals surface area contributed by atoms with E-state index in [1.54, 1.807) is 0 Å². The first-order valence-corrected chi connectivity index (χ1v) is 8.81. The van der Waals surface area contributed by atoms with Crippen molar-refractivity contribution in [3.63, 3.8) is 0 Å². The van der Waals surface area contributed by atoms with Crippen molar-refractivity contribution in [2.45, 2.75) is 23.2 Å². The Morgan fingerprint density at radius 3 is 2.57 bits per heavy atom. The summed E-state index contributed by atoms with van der Waals surface area (Å²) in [5, 5.41) is 9.13. The maximum atomic E-state index is 13.0.